The Kier molecular flexibility index (Phi) is 6.72. The zero-order valence-electron chi connectivity index (χ0n) is 37.7. The van der Waals surface area contributed by atoms with Gasteiger partial charge in [-0.2, -0.15) is 0 Å². The average Bonchev–Trinajstić information content (AvgIpc) is 3.76. The van der Waals surface area contributed by atoms with Crippen molar-refractivity contribution < 1.29 is 8.22 Å². The molecule has 1 aliphatic rings. The maximum absolute atomic E-state index is 8.21. The molecule has 0 atom stereocenters. The van der Waals surface area contributed by atoms with Gasteiger partial charge in [0.15, 0.2) is 0 Å². The molecule has 0 spiro atoms. The number of fused-ring (bicyclic) bond motifs is 6. The monoisotopic (exact) mass is 736 g/mol. The van der Waals surface area contributed by atoms with Crippen molar-refractivity contribution in [3.05, 3.63) is 217 Å². The van der Waals surface area contributed by atoms with E-state index in [0.717, 1.165) is 66.8 Å². The molecule has 2 nitrogen and oxygen atoms in total. The van der Waals surface area contributed by atoms with E-state index in [9.17, 15) is 0 Å². The molecule has 0 unspecified atom stereocenters. The molecule has 10 rings (SSSR count). The number of rotatable bonds is 8. The summed E-state index contributed by atoms with van der Waals surface area (Å²) in [6.07, 6.45) is 0. The van der Waals surface area contributed by atoms with Crippen molar-refractivity contribution in [1.82, 2.24) is 4.57 Å². The van der Waals surface area contributed by atoms with E-state index in [4.69, 9.17) is 8.22 Å². The molecule has 1 aliphatic carbocycles. The zero-order chi connectivity index (χ0) is 43.6. The molecule has 2 heteroatoms. The van der Waals surface area contributed by atoms with E-state index in [0.29, 0.717) is 11.1 Å². The van der Waals surface area contributed by atoms with Crippen LogP contribution in [0.4, 0.5) is 17.1 Å². The Labute approximate surface area is 343 Å². The molecule has 0 bridgehead atoms. The van der Waals surface area contributed by atoms with Crippen LogP contribution in [0.2, 0.25) is 0 Å². The smallest absolute Gasteiger partial charge is 0.0623 e. The maximum atomic E-state index is 8.21. The second-order valence-electron chi connectivity index (χ2n) is 15.3. The minimum Gasteiger partial charge on any atom is -0.310 e. The highest BCUT2D eigenvalue weighted by atomic mass is 15.1. The molecule has 1 heterocycles. The molecule has 57 heavy (non-hydrogen) atoms. The molecule has 0 amide bonds. The lowest BCUT2D eigenvalue weighted by atomic mass is 9.82. The lowest BCUT2D eigenvalue weighted by molar-refractivity contribution is 0.660. The van der Waals surface area contributed by atoms with Crippen molar-refractivity contribution in [1.29, 1.82) is 0 Å². The largest absolute Gasteiger partial charge is 0.310 e. The SMILES string of the molecule is [2H]C([2H])=C([2H])c1ccc(-n2c3ccccc3c3cc(-c4ccc(N(c5ccc(-c6cccc(C([2H])=C([2H])[2H])c6)cc5)c5ccc6c(c5)C(C)(C)c5ccccc5-6)cc4)ccc32)cc1. The summed E-state index contributed by atoms with van der Waals surface area (Å²) in [6, 6.07) is 62.4. The lowest BCUT2D eigenvalue weighted by Crippen LogP contribution is -2.16. The minimum absolute atomic E-state index is 0.103. The molecule has 0 saturated heterocycles. The Morgan fingerprint density at radius 1 is 0.491 bits per heavy atom. The molecule has 0 aliphatic heterocycles. The third-order valence-electron chi connectivity index (χ3n) is 11.7. The van der Waals surface area contributed by atoms with Crippen LogP contribution in [-0.4, -0.2) is 4.57 Å². The Balaban J connectivity index is 1.04. The van der Waals surface area contributed by atoms with Gasteiger partial charge in [-0.1, -0.05) is 148 Å². The van der Waals surface area contributed by atoms with Crippen LogP contribution in [0.5, 0.6) is 0 Å². The number of aromatic nitrogens is 1. The molecule has 0 fully saturated rings. The molecular weight excluding hydrogens is 689 g/mol. The van der Waals surface area contributed by atoms with Gasteiger partial charge in [0, 0.05) is 38.9 Å². The van der Waals surface area contributed by atoms with E-state index < -0.39 is 13.1 Å². The van der Waals surface area contributed by atoms with Crippen LogP contribution in [0, 0.1) is 0 Å². The number of anilines is 3. The van der Waals surface area contributed by atoms with Crippen LogP contribution >= 0.6 is 0 Å². The Bertz CT molecular complexity index is 3300. The van der Waals surface area contributed by atoms with Crippen LogP contribution in [0.3, 0.4) is 0 Å². The first kappa shape index (κ1) is 28.3. The summed E-state index contributed by atoms with van der Waals surface area (Å²) in [6.45, 7) is 3.59. The zero-order valence-corrected chi connectivity index (χ0v) is 31.7. The highest BCUT2D eigenvalue weighted by molar-refractivity contribution is 6.10. The fourth-order valence-corrected chi connectivity index (χ4v) is 8.79. The number of hydrogen-bond acceptors (Lipinski definition) is 1. The Morgan fingerprint density at radius 3 is 1.86 bits per heavy atom. The molecule has 8 aromatic carbocycles. The predicted molar refractivity (Wildman–Crippen MR) is 244 cm³/mol. The first-order valence-corrected chi connectivity index (χ1v) is 19.3. The van der Waals surface area contributed by atoms with Gasteiger partial charge in [-0.3, -0.25) is 0 Å². The van der Waals surface area contributed by atoms with Crippen LogP contribution in [0.25, 0.3) is 73.0 Å². The fraction of sp³-hybridized carbons (Fsp3) is 0.0545. The average molecular weight is 737 g/mol. The molecule has 1 aromatic heterocycles. The minimum atomic E-state index is -0.509. The van der Waals surface area contributed by atoms with Gasteiger partial charge in [0.05, 0.1) is 19.3 Å². The maximum Gasteiger partial charge on any atom is 0.0623 e. The van der Waals surface area contributed by atoms with E-state index in [2.05, 4.69) is 151 Å². The Morgan fingerprint density at radius 2 is 1.11 bits per heavy atom. The van der Waals surface area contributed by atoms with Crippen molar-refractivity contribution in [3.8, 4) is 39.1 Å². The standard InChI is InChI=1S/C55H42N2/c1-5-37-18-25-45(26-19-37)57-53-17-10-8-15-49(53)50-35-42(24-33-54(50)57)40-22-29-44(30-23-40)56(43-27-20-39(21-28-43)41-13-11-12-38(6-2)34-41)46-31-32-48-47-14-7-9-16-51(47)55(3,4)52(48)36-46/h5-36H,1-2H2,3-4H3/i1D2,2D2,5D,6D. The summed E-state index contributed by atoms with van der Waals surface area (Å²) in [7, 11) is 0. The van der Waals surface area contributed by atoms with Gasteiger partial charge in [0.25, 0.3) is 0 Å². The number of para-hydroxylation sites is 1. The number of hydrogen-bond donors (Lipinski definition) is 0. The van der Waals surface area contributed by atoms with Gasteiger partial charge in [0.1, 0.15) is 0 Å². The molecule has 0 saturated carbocycles. The highest BCUT2D eigenvalue weighted by Crippen LogP contribution is 2.50. The van der Waals surface area contributed by atoms with Crippen LogP contribution in [0.15, 0.2) is 195 Å². The molecular formula is C55H42N2. The van der Waals surface area contributed by atoms with Crippen molar-refractivity contribution in [3.63, 3.8) is 0 Å². The van der Waals surface area contributed by atoms with Crippen molar-refractivity contribution >= 4 is 51.0 Å². The predicted octanol–water partition coefficient (Wildman–Crippen LogP) is 15.2. The molecule has 0 radical (unpaired) electrons. The summed E-state index contributed by atoms with van der Waals surface area (Å²) >= 11 is 0. The van der Waals surface area contributed by atoms with Crippen molar-refractivity contribution in [2.75, 3.05) is 4.90 Å². The van der Waals surface area contributed by atoms with E-state index in [1.165, 1.54) is 22.3 Å². The fourth-order valence-electron chi connectivity index (χ4n) is 8.79. The summed E-state index contributed by atoms with van der Waals surface area (Å²) < 4.78 is 49.0. The summed E-state index contributed by atoms with van der Waals surface area (Å²) in [5.74, 6) is 0. The second-order valence-corrected chi connectivity index (χ2v) is 15.3. The number of benzene rings is 8. The van der Waals surface area contributed by atoms with Gasteiger partial charge in [-0.25, -0.2) is 0 Å². The quantitative estimate of drug-likeness (QED) is 0.151. The third kappa shape index (κ3) is 5.72. The van der Waals surface area contributed by atoms with E-state index >= 15 is 0 Å². The normalized spacial score (nSPS) is 14.0. The van der Waals surface area contributed by atoms with E-state index in [1.807, 2.05) is 36.4 Å². The summed E-state index contributed by atoms with van der Waals surface area (Å²) in [4.78, 5) is 2.30. The summed E-state index contributed by atoms with van der Waals surface area (Å²) in [5.41, 5.74) is 16.3. The number of nitrogens with zero attached hydrogens (tertiary/aromatic N) is 2. The van der Waals surface area contributed by atoms with E-state index in [-0.39, 0.29) is 17.5 Å². The topological polar surface area (TPSA) is 8.17 Å². The molecule has 272 valence electrons. The van der Waals surface area contributed by atoms with Gasteiger partial charge < -0.3 is 9.47 Å². The molecule has 9 aromatic rings. The van der Waals surface area contributed by atoms with Gasteiger partial charge in [-0.05, 0) is 128 Å². The first-order chi connectivity index (χ1) is 30.5. The Hall–Kier alpha value is -7.16. The van der Waals surface area contributed by atoms with Crippen LogP contribution in [0.1, 0.15) is 44.3 Å². The third-order valence-corrected chi connectivity index (χ3v) is 11.7. The molecule has 0 N–H and O–H groups in total. The van der Waals surface area contributed by atoms with Crippen molar-refractivity contribution in [2.45, 2.75) is 19.3 Å². The van der Waals surface area contributed by atoms with Gasteiger partial charge >= 0.3 is 0 Å². The van der Waals surface area contributed by atoms with E-state index in [1.54, 1.807) is 18.2 Å². The second kappa shape index (κ2) is 13.5. The lowest BCUT2D eigenvalue weighted by Gasteiger charge is -2.28. The van der Waals surface area contributed by atoms with Gasteiger partial charge in [0.2, 0.25) is 0 Å². The van der Waals surface area contributed by atoms with Crippen LogP contribution < -0.4 is 4.90 Å². The van der Waals surface area contributed by atoms with Crippen LogP contribution in [-0.2, 0) is 5.41 Å². The summed E-state index contributed by atoms with van der Waals surface area (Å²) in [5, 5.41) is 2.26. The van der Waals surface area contributed by atoms with Crippen molar-refractivity contribution in [2.24, 2.45) is 0 Å². The first-order valence-electron chi connectivity index (χ1n) is 22.3. The van der Waals surface area contributed by atoms with Gasteiger partial charge in [-0.15, -0.1) is 0 Å². The highest BCUT2D eigenvalue weighted by Gasteiger charge is 2.35.